The molecule has 6 heteroatoms. The Hall–Kier alpha value is -1.40. The summed E-state index contributed by atoms with van der Waals surface area (Å²) in [6.45, 7) is 6.25. The summed E-state index contributed by atoms with van der Waals surface area (Å²) >= 11 is 0. The second kappa shape index (κ2) is 6.79. The lowest BCUT2D eigenvalue weighted by Gasteiger charge is -2.29. The molecule has 1 heterocycles. The molecule has 1 N–H and O–H groups in total. The van der Waals surface area contributed by atoms with E-state index in [0.29, 0.717) is 12.5 Å². The molecule has 0 fully saturated rings. The number of sulfone groups is 1. The van der Waals surface area contributed by atoms with Gasteiger partial charge < -0.3 is 5.11 Å². The number of hydrogen-bond donors (Lipinski definition) is 1. The van der Waals surface area contributed by atoms with Crippen LogP contribution in [0.15, 0.2) is 18.2 Å². The third-order valence-corrected chi connectivity index (χ3v) is 5.54. The van der Waals surface area contributed by atoms with Crippen LogP contribution in [0.4, 0.5) is 0 Å². The van der Waals surface area contributed by atoms with E-state index in [-0.39, 0.29) is 5.75 Å². The van der Waals surface area contributed by atoms with Crippen LogP contribution in [0, 0.1) is 0 Å². The number of fused-ring (bicyclic) bond motifs is 1. The van der Waals surface area contributed by atoms with Crippen LogP contribution in [0.1, 0.15) is 36.5 Å². The highest BCUT2D eigenvalue weighted by molar-refractivity contribution is 7.92. The molecule has 1 aromatic carbocycles. The van der Waals surface area contributed by atoms with E-state index in [2.05, 4.69) is 36.9 Å². The van der Waals surface area contributed by atoms with Crippen LogP contribution in [0.2, 0.25) is 0 Å². The zero-order valence-electron chi connectivity index (χ0n) is 13.1. The van der Waals surface area contributed by atoms with Gasteiger partial charge in [0.1, 0.15) is 5.75 Å². The van der Waals surface area contributed by atoms with E-state index in [1.54, 1.807) is 0 Å². The van der Waals surface area contributed by atoms with E-state index < -0.39 is 21.6 Å². The first-order valence-corrected chi connectivity index (χ1v) is 9.35. The summed E-state index contributed by atoms with van der Waals surface area (Å²) in [5, 5.41) is 8.61. The Kier molecular flexibility index (Phi) is 5.24. The number of aliphatic carboxylic acids is 1. The van der Waals surface area contributed by atoms with Crippen molar-refractivity contribution in [2.45, 2.75) is 32.7 Å². The number of carboxylic acid groups (broad SMARTS) is 1. The highest BCUT2D eigenvalue weighted by atomic mass is 32.2. The van der Waals surface area contributed by atoms with Crippen molar-refractivity contribution in [2.75, 3.05) is 24.6 Å². The van der Waals surface area contributed by atoms with Gasteiger partial charge in [-0.3, -0.25) is 9.69 Å². The van der Waals surface area contributed by atoms with Gasteiger partial charge in [-0.25, -0.2) is 8.42 Å². The Morgan fingerprint density at radius 3 is 2.68 bits per heavy atom. The molecule has 122 valence electrons. The molecular weight excluding hydrogens is 302 g/mol. The van der Waals surface area contributed by atoms with Crippen molar-refractivity contribution in [2.24, 2.45) is 0 Å². The lowest BCUT2D eigenvalue weighted by atomic mass is 9.93. The smallest absolute Gasteiger partial charge is 0.318 e. The first kappa shape index (κ1) is 17.0. The number of carboxylic acids is 1. The monoisotopic (exact) mass is 325 g/mol. The highest BCUT2D eigenvalue weighted by Crippen LogP contribution is 2.24. The normalized spacial score (nSPS) is 15.8. The fourth-order valence-electron chi connectivity index (χ4n) is 2.71. The largest absolute Gasteiger partial charge is 0.480 e. The van der Waals surface area contributed by atoms with Crippen molar-refractivity contribution in [3.05, 3.63) is 34.9 Å². The summed E-state index contributed by atoms with van der Waals surface area (Å²) in [5.41, 5.74) is 3.88. The second-order valence-corrected chi connectivity index (χ2v) is 8.38. The molecule has 0 aliphatic carbocycles. The lowest BCUT2D eigenvalue weighted by molar-refractivity contribution is -0.134. The maximum atomic E-state index is 11.7. The van der Waals surface area contributed by atoms with Gasteiger partial charge in [0.25, 0.3) is 0 Å². The number of hydrogen-bond acceptors (Lipinski definition) is 4. The van der Waals surface area contributed by atoms with Gasteiger partial charge in [0.05, 0.1) is 5.75 Å². The molecule has 0 aromatic heterocycles. The van der Waals surface area contributed by atoms with Crippen molar-refractivity contribution in [3.8, 4) is 0 Å². The molecule has 0 spiro atoms. The maximum Gasteiger partial charge on any atom is 0.318 e. The van der Waals surface area contributed by atoms with Crippen molar-refractivity contribution < 1.29 is 18.3 Å². The topological polar surface area (TPSA) is 74.7 Å². The van der Waals surface area contributed by atoms with Crippen molar-refractivity contribution in [1.82, 2.24) is 4.90 Å². The summed E-state index contributed by atoms with van der Waals surface area (Å²) in [4.78, 5) is 12.6. The quantitative estimate of drug-likeness (QED) is 0.861. The lowest BCUT2D eigenvalue weighted by Crippen LogP contribution is -2.35. The molecule has 0 atom stereocenters. The van der Waals surface area contributed by atoms with Crippen LogP contribution in [0.25, 0.3) is 0 Å². The predicted octanol–water partition coefficient (Wildman–Crippen LogP) is 1.67. The van der Waals surface area contributed by atoms with Gasteiger partial charge in [0, 0.05) is 19.6 Å². The van der Waals surface area contributed by atoms with Crippen LogP contribution in [-0.4, -0.2) is 49.0 Å². The van der Waals surface area contributed by atoms with E-state index in [4.69, 9.17) is 5.11 Å². The van der Waals surface area contributed by atoms with Gasteiger partial charge in [-0.15, -0.1) is 0 Å². The molecule has 1 aromatic rings. The molecule has 1 aliphatic heterocycles. The number of nitrogens with zero attached hydrogens (tertiary/aromatic N) is 1. The first-order valence-electron chi connectivity index (χ1n) is 7.53. The van der Waals surface area contributed by atoms with Crippen LogP contribution in [0.3, 0.4) is 0 Å². The molecule has 1 aliphatic rings. The van der Waals surface area contributed by atoms with Crippen LogP contribution in [-0.2, 0) is 27.6 Å². The molecule has 2 rings (SSSR count). The minimum absolute atomic E-state index is 0.0987. The highest BCUT2D eigenvalue weighted by Gasteiger charge is 2.21. The summed E-state index contributed by atoms with van der Waals surface area (Å²) in [7, 11) is -3.52. The van der Waals surface area contributed by atoms with Gasteiger partial charge in [-0.1, -0.05) is 32.0 Å². The van der Waals surface area contributed by atoms with E-state index in [1.165, 1.54) is 16.7 Å². The Balaban J connectivity index is 2.00. The first-order chi connectivity index (χ1) is 10.3. The molecular formula is C16H23NO4S. The Morgan fingerprint density at radius 2 is 2.05 bits per heavy atom. The van der Waals surface area contributed by atoms with Crippen LogP contribution in [0.5, 0.6) is 0 Å². The maximum absolute atomic E-state index is 11.7. The number of carbonyl (C=O) groups is 1. The average Bonchev–Trinajstić information content (AvgIpc) is 2.43. The molecule has 0 amide bonds. The minimum atomic E-state index is -3.52. The van der Waals surface area contributed by atoms with Gasteiger partial charge in [0.15, 0.2) is 9.84 Å². The summed E-state index contributed by atoms with van der Waals surface area (Å²) in [6, 6.07) is 6.54. The zero-order valence-corrected chi connectivity index (χ0v) is 13.9. The fraction of sp³-hybridized carbons (Fsp3) is 0.562. The molecule has 0 bridgehead atoms. The molecule has 5 nitrogen and oxygen atoms in total. The van der Waals surface area contributed by atoms with Crippen LogP contribution < -0.4 is 0 Å². The van der Waals surface area contributed by atoms with E-state index in [0.717, 1.165) is 19.5 Å². The van der Waals surface area contributed by atoms with Crippen LogP contribution >= 0.6 is 0 Å². The Morgan fingerprint density at radius 1 is 1.32 bits per heavy atom. The molecule has 0 radical (unpaired) electrons. The van der Waals surface area contributed by atoms with E-state index >= 15 is 0 Å². The molecule has 22 heavy (non-hydrogen) atoms. The standard InChI is InChI=1S/C16H23NO4S/c1-12(2)14-4-3-13-5-6-17(10-15(13)9-14)7-8-22(20,21)11-16(18)19/h3-4,9,12H,5-8,10-11H2,1-2H3,(H,18,19). The third-order valence-electron chi connectivity index (χ3n) is 4.05. The predicted molar refractivity (Wildman–Crippen MR) is 85.8 cm³/mol. The SMILES string of the molecule is CC(C)c1ccc2c(c1)CN(CCS(=O)(=O)CC(=O)O)CC2. The minimum Gasteiger partial charge on any atom is -0.480 e. The summed E-state index contributed by atoms with van der Waals surface area (Å²) in [6.07, 6.45) is 0.909. The van der Waals surface area contributed by atoms with Crippen molar-refractivity contribution in [3.63, 3.8) is 0 Å². The Labute approximate surface area is 131 Å². The average molecular weight is 325 g/mol. The third kappa shape index (κ3) is 4.55. The molecule has 0 unspecified atom stereocenters. The summed E-state index contributed by atoms with van der Waals surface area (Å²) < 4.78 is 23.3. The van der Waals surface area contributed by atoms with Crippen molar-refractivity contribution in [1.29, 1.82) is 0 Å². The number of rotatable bonds is 6. The Bertz CT molecular complexity index is 652. The van der Waals surface area contributed by atoms with Crippen molar-refractivity contribution >= 4 is 15.8 Å². The molecule has 0 saturated heterocycles. The van der Waals surface area contributed by atoms with Gasteiger partial charge >= 0.3 is 5.97 Å². The molecule has 0 saturated carbocycles. The fourth-order valence-corrected chi connectivity index (χ4v) is 3.77. The van der Waals surface area contributed by atoms with Gasteiger partial charge in [-0.05, 0) is 29.0 Å². The van der Waals surface area contributed by atoms with E-state index in [9.17, 15) is 13.2 Å². The van der Waals surface area contributed by atoms with E-state index in [1.807, 2.05) is 0 Å². The second-order valence-electron chi connectivity index (χ2n) is 6.19. The van der Waals surface area contributed by atoms with Gasteiger partial charge in [0.2, 0.25) is 0 Å². The summed E-state index contributed by atoms with van der Waals surface area (Å²) in [5.74, 6) is -1.70. The zero-order chi connectivity index (χ0) is 16.3. The number of benzene rings is 1. The van der Waals surface area contributed by atoms with Gasteiger partial charge in [-0.2, -0.15) is 0 Å².